The van der Waals surface area contributed by atoms with E-state index in [1.165, 1.54) is 18.3 Å². The summed E-state index contributed by atoms with van der Waals surface area (Å²) in [5.74, 6) is 0. The maximum atomic E-state index is 12.1. The highest BCUT2D eigenvalue weighted by Crippen LogP contribution is 2.20. The molecule has 0 saturated carbocycles. The van der Waals surface area contributed by atoms with Crippen molar-refractivity contribution in [3.05, 3.63) is 23.5 Å². The summed E-state index contributed by atoms with van der Waals surface area (Å²) < 4.78 is 25.1. The van der Waals surface area contributed by atoms with E-state index in [0.29, 0.717) is 13.2 Å². The van der Waals surface area contributed by atoms with Crippen LogP contribution in [-0.4, -0.2) is 31.0 Å². The largest absolute Gasteiger partial charge is 0.284 e. The Morgan fingerprint density at radius 3 is 2.88 bits per heavy atom. The smallest absolute Gasteiger partial charge is 0.265 e. The fourth-order valence-electron chi connectivity index (χ4n) is 1.43. The molecule has 0 unspecified atom stereocenters. The molecule has 16 heavy (non-hydrogen) atoms. The maximum absolute atomic E-state index is 12.1. The summed E-state index contributed by atoms with van der Waals surface area (Å²) in [6, 6.07) is 2.72. The van der Waals surface area contributed by atoms with Crippen molar-refractivity contribution < 1.29 is 13.3 Å². The van der Waals surface area contributed by atoms with Crippen molar-refractivity contribution in [2.45, 2.75) is 17.7 Å². The molecule has 2 heterocycles. The van der Waals surface area contributed by atoms with Gasteiger partial charge in [0.2, 0.25) is 0 Å². The number of rotatable bonds is 2. The van der Waals surface area contributed by atoms with Crippen LogP contribution in [0.15, 0.2) is 23.2 Å². The zero-order chi connectivity index (χ0) is 11.6. The first-order chi connectivity index (χ1) is 7.60. The minimum absolute atomic E-state index is 0.106. The Hall–Kier alpha value is -0.690. The molecule has 7 heteroatoms. The summed E-state index contributed by atoms with van der Waals surface area (Å²) in [6.45, 7) is 0.806. The Balaban J connectivity index is 2.30. The van der Waals surface area contributed by atoms with E-state index in [-0.39, 0.29) is 10.0 Å². The number of hydrogen-bond acceptors (Lipinski definition) is 4. The van der Waals surface area contributed by atoms with Crippen molar-refractivity contribution >= 4 is 21.6 Å². The molecule has 1 aromatic rings. The Kier molecular flexibility index (Phi) is 3.44. The van der Waals surface area contributed by atoms with Gasteiger partial charge in [-0.3, -0.25) is 4.84 Å². The number of pyridine rings is 1. The first-order valence-corrected chi connectivity index (χ1v) is 6.70. The molecule has 1 fully saturated rings. The molecule has 5 nitrogen and oxygen atoms in total. The van der Waals surface area contributed by atoms with Crippen molar-refractivity contribution in [3.63, 3.8) is 0 Å². The minimum Gasteiger partial charge on any atom is -0.284 e. The van der Waals surface area contributed by atoms with E-state index in [2.05, 4.69) is 4.98 Å². The quantitative estimate of drug-likeness (QED) is 0.757. The van der Waals surface area contributed by atoms with Crippen molar-refractivity contribution in [1.82, 2.24) is 9.45 Å². The number of sulfonamides is 1. The van der Waals surface area contributed by atoms with Crippen LogP contribution in [0.3, 0.4) is 0 Å². The van der Waals surface area contributed by atoms with Crippen LogP contribution in [0.5, 0.6) is 0 Å². The molecule has 0 bridgehead atoms. The minimum atomic E-state index is -3.60. The second-order valence-electron chi connectivity index (χ2n) is 3.39. The second kappa shape index (κ2) is 4.67. The van der Waals surface area contributed by atoms with Gasteiger partial charge in [-0.05, 0) is 25.0 Å². The van der Waals surface area contributed by atoms with Crippen molar-refractivity contribution in [2.75, 3.05) is 13.2 Å². The third kappa shape index (κ3) is 2.35. The summed E-state index contributed by atoms with van der Waals surface area (Å²) in [7, 11) is -3.60. The van der Waals surface area contributed by atoms with Crippen LogP contribution in [0, 0.1) is 0 Å². The molecule has 0 amide bonds. The van der Waals surface area contributed by atoms with Gasteiger partial charge in [0.1, 0.15) is 5.15 Å². The predicted octanol–water partition coefficient (Wildman–Crippen LogP) is 1.45. The van der Waals surface area contributed by atoms with Crippen LogP contribution in [-0.2, 0) is 14.9 Å². The second-order valence-corrected chi connectivity index (χ2v) is 5.60. The predicted molar refractivity (Wildman–Crippen MR) is 58.3 cm³/mol. The molecule has 0 aliphatic carbocycles. The topological polar surface area (TPSA) is 59.5 Å². The Bertz CT molecular complexity index is 471. The van der Waals surface area contributed by atoms with E-state index < -0.39 is 10.0 Å². The molecule has 0 spiro atoms. The molecule has 1 saturated heterocycles. The number of halogens is 1. The molecular weight excluding hydrogens is 252 g/mol. The normalized spacial score (nSPS) is 18.6. The Labute approximate surface area is 99.0 Å². The van der Waals surface area contributed by atoms with E-state index >= 15 is 0 Å². The molecular formula is C9H11ClN2O3S. The summed E-state index contributed by atoms with van der Waals surface area (Å²) in [4.78, 5) is 8.96. The lowest BCUT2D eigenvalue weighted by Crippen LogP contribution is -2.35. The van der Waals surface area contributed by atoms with Gasteiger partial charge in [0.15, 0.2) is 0 Å². The van der Waals surface area contributed by atoms with Gasteiger partial charge < -0.3 is 0 Å². The van der Waals surface area contributed by atoms with Gasteiger partial charge in [0.25, 0.3) is 10.0 Å². The molecule has 0 aromatic carbocycles. The van der Waals surface area contributed by atoms with E-state index in [1.54, 1.807) is 0 Å². The number of hydrogen-bond donors (Lipinski definition) is 0. The zero-order valence-corrected chi connectivity index (χ0v) is 10.0. The third-order valence-corrected chi connectivity index (χ3v) is 4.11. The van der Waals surface area contributed by atoms with Crippen LogP contribution in [0.2, 0.25) is 5.15 Å². The number of nitrogens with zero attached hydrogens (tertiary/aromatic N) is 2. The van der Waals surface area contributed by atoms with Gasteiger partial charge in [-0.15, -0.1) is 0 Å². The van der Waals surface area contributed by atoms with Gasteiger partial charge in [-0.2, -0.15) is 0 Å². The van der Waals surface area contributed by atoms with Crippen molar-refractivity contribution in [1.29, 1.82) is 0 Å². The highest BCUT2D eigenvalue weighted by molar-refractivity contribution is 7.89. The van der Waals surface area contributed by atoms with E-state index in [9.17, 15) is 8.42 Å². The van der Waals surface area contributed by atoms with Crippen molar-refractivity contribution in [2.24, 2.45) is 0 Å². The molecule has 1 aromatic heterocycles. The molecule has 1 aliphatic rings. The van der Waals surface area contributed by atoms with Crippen LogP contribution in [0.4, 0.5) is 0 Å². The molecule has 0 atom stereocenters. The third-order valence-electron chi connectivity index (χ3n) is 2.23. The van der Waals surface area contributed by atoms with Crippen LogP contribution < -0.4 is 0 Å². The van der Waals surface area contributed by atoms with E-state index in [1.807, 2.05) is 0 Å². The first-order valence-electron chi connectivity index (χ1n) is 4.88. The Morgan fingerprint density at radius 2 is 2.25 bits per heavy atom. The van der Waals surface area contributed by atoms with Gasteiger partial charge in [-0.1, -0.05) is 16.1 Å². The summed E-state index contributed by atoms with van der Waals surface area (Å²) >= 11 is 5.65. The fourth-order valence-corrected chi connectivity index (χ4v) is 2.98. The van der Waals surface area contributed by atoms with Gasteiger partial charge in [0, 0.05) is 12.7 Å². The summed E-state index contributed by atoms with van der Waals surface area (Å²) in [6.07, 6.45) is 3.04. The Morgan fingerprint density at radius 1 is 1.44 bits per heavy atom. The molecule has 0 radical (unpaired) electrons. The van der Waals surface area contributed by atoms with Crippen LogP contribution in [0.1, 0.15) is 12.8 Å². The fraction of sp³-hybridized carbons (Fsp3) is 0.444. The SMILES string of the molecule is O=S(=O)(c1ccnc(Cl)c1)N1CCCCO1. The number of aromatic nitrogens is 1. The molecule has 1 aliphatic heterocycles. The van der Waals surface area contributed by atoms with Crippen molar-refractivity contribution in [3.8, 4) is 0 Å². The summed E-state index contributed by atoms with van der Waals surface area (Å²) in [5, 5.41) is 0.151. The van der Waals surface area contributed by atoms with Gasteiger partial charge in [-0.25, -0.2) is 13.4 Å². The van der Waals surface area contributed by atoms with Gasteiger partial charge >= 0.3 is 0 Å². The highest BCUT2D eigenvalue weighted by atomic mass is 35.5. The lowest BCUT2D eigenvalue weighted by molar-refractivity contribution is -0.108. The van der Waals surface area contributed by atoms with E-state index in [4.69, 9.17) is 16.4 Å². The first kappa shape index (κ1) is 11.8. The number of hydroxylamine groups is 1. The monoisotopic (exact) mass is 262 g/mol. The molecule has 0 N–H and O–H groups in total. The molecule has 2 rings (SSSR count). The highest BCUT2D eigenvalue weighted by Gasteiger charge is 2.27. The van der Waals surface area contributed by atoms with Crippen LogP contribution >= 0.6 is 11.6 Å². The lowest BCUT2D eigenvalue weighted by Gasteiger charge is -2.25. The maximum Gasteiger partial charge on any atom is 0.265 e. The average Bonchev–Trinajstić information content (AvgIpc) is 2.30. The molecule has 88 valence electrons. The average molecular weight is 263 g/mol. The van der Waals surface area contributed by atoms with Gasteiger partial charge in [0.05, 0.1) is 11.5 Å². The summed E-state index contributed by atoms with van der Waals surface area (Å²) in [5.41, 5.74) is 0. The standard InChI is InChI=1S/C9H11ClN2O3S/c10-9-7-8(3-4-11-9)16(13,14)12-5-1-2-6-15-12/h3-4,7H,1-2,5-6H2. The van der Waals surface area contributed by atoms with E-state index in [0.717, 1.165) is 17.3 Å². The van der Waals surface area contributed by atoms with Crippen LogP contribution in [0.25, 0.3) is 0 Å². The lowest BCUT2D eigenvalue weighted by atomic mass is 10.3. The zero-order valence-electron chi connectivity index (χ0n) is 8.47.